The Bertz CT molecular complexity index is 521. The lowest BCUT2D eigenvalue weighted by Gasteiger charge is -2.33. The molecule has 0 bridgehead atoms. The number of nitrogens with zero attached hydrogens (tertiary/aromatic N) is 1. The molecule has 1 aromatic carbocycles. The summed E-state index contributed by atoms with van der Waals surface area (Å²) in [6.07, 6.45) is 0.803. The van der Waals surface area contributed by atoms with E-state index in [2.05, 4.69) is 0 Å². The van der Waals surface area contributed by atoms with Crippen LogP contribution in [0.1, 0.15) is 25.0 Å². The first-order valence-corrected chi connectivity index (χ1v) is 6.69. The molecule has 20 heavy (non-hydrogen) atoms. The molecule has 1 aliphatic heterocycles. The minimum absolute atomic E-state index is 0.0297. The summed E-state index contributed by atoms with van der Waals surface area (Å²) < 4.78 is 10.6. The first-order valence-electron chi connectivity index (χ1n) is 6.69. The fraction of sp³-hybridized carbons (Fsp3) is 0.533. The van der Waals surface area contributed by atoms with Crippen LogP contribution in [0.2, 0.25) is 0 Å². The van der Waals surface area contributed by atoms with Crippen molar-refractivity contribution in [2.75, 3.05) is 20.8 Å². The van der Waals surface area contributed by atoms with Crippen LogP contribution in [0, 0.1) is 0 Å². The number of rotatable bonds is 3. The zero-order chi connectivity index (χ0) is 14.9. The van der Waals surface area contributed by atoms with Crippen molar-refractivity contribution in [2.45, 2.75) is 32.4 Å². The van der Waals surface area contributed by atoms with Gasteiger partial charge in [-0.2, -0.15) is 0 Å². The van der Waals surface area contributed by atoms with Gasteiger partial charge in [0.2, 0.25) is 5.91 Å². The summed E-state index contributed by atoms with van der Waals surface area (Å²) in [5, 5.41) is 0. The predicted molar refractivity (Wildman–Crippen MR) is 76.9 cm³/mol. The second-order valence-corrected chi connectivity index (χ2v) is 5.67. The van der Waals surface area contributed by atoms with Gasteiger partial charge in [-0.05, 0) is 43.5 Å². The maximum Gasteiger partial charge on any atom is 0.242 e. The molecule has 0 radical (unpaired) electrons. The summed E-state index contributed by atoms with van der Waals surface area (Å²) in [4.78, 5) is 14.1. The van der Waals surface area contributed by atoms with Gasteiger partial charge in [0.1, 0.15) is 0 Å². The quantitative estimate of drug-likeness (QED) is 0.906. The van der Waals surface area contributed by atoms with Gasteiger partial charge in [-0.3, -0.25) is 4.79 Å². The fourth-order valence-corrected chi connectivity index (χ4v) is 2.46. The molecule has 1 amide bonds. The van der Waals surface area contributed by atoms with Crippen molar-refractivity contribution < 1.29 is 14.3 Å². The molecule has 0 saturated heterocycles. The zero-order valence-corrected chi connectivity index (χ0v) is 12.5. The summed E-state index contributed by atoms with van der Waals surface area (Å²) in [6.45, 7) is 4.72. The topological polar surface area (TPSA) is 64.8 Å². The first-order chi connectivity index (χ1) is 9.36. The molecule has 0 spiro atoms. The Morgan fingerprint density at radius 1 is 1.20 bits per heavy atom. The second kappa shape index (κ2) is 5.32. The van der Waals surface area contributed by atoms with Crippen LogP contribution < -0.4 is 15.2 Å². The van der Waals surface area contributed by atoms with Gasteiger partial charge < -0.3 is 20.1 Å². The molecule has 1 aliphatic rings. The van der Waals surface area contributed by atoms with Crippen LogP contribution in [0.4, 0.5) is 0 Å². The van der Waals surface area contributed by atoms with E-state index in [-0.39, 0.29) is 5.91 Å². The third kappa shape index (κ3) is 2.72. The van der Waals surface area contributed by atoms with Crippen molar-refractivity contribution in [1.82, 2.24) is 4.90 Å². The van der Waals surface area contributed by atoms with E-state index in [9.17, 15) is 4.79 Å². The van der Waals surface area contributed by atoms with Crippen LogP contribution in [-0.4, -0.2) is 37.1 Å². The Kier molecular flexibility index (Phi) is 3.90. The Morgan fingerprint density at radius 3 is 2.25 bits per heavy atom. The lowest BCUT2D eigenvalue weighted by Crippen LogP contribution is -2.52. The molecule has 5 heteroatoms. The lowest BCUT2D eigenvalue weighted by atomic mass is 9.96. The highest BCUT2D eigenvalue weighted by atomic mass is 16.5. The Balaban J connectivity index is 2.28. The second-order valence-electron chi connectivity index (χ2n) is 5.67. The average Bonchev–Trinajstić information content (AvgIpc) is 2.43. The third-order valence-electron chi connectivity index (χ3n) is 3.56. The number of carbonyl (C=O) groups is 1. The number of nitrogens with two attached hydrogens (primary N) is 1. The molecule has 0 aromatic heterocycles. The van der Waals surface area contributed by atoms with Gasteiger partial charge in [-0.1, -0.05) is 0 Å². The summed E-state index contributed by atoms with van der Waals surface area (Å²) in [5.41, 5.74) is 7.34. The number of amides is 1. The van der Waals surface area contributed by atoms with E-state index in [0.29, 0.717) is 18.8 Å². The van der Waals surface area contributed by atoms with E-state index in [4.69, 9.17) is 15.2 Å². The molecule has 0 saturated carbocycles. The van der Waals surface area contributed by atoms with Crippen molar-refractivity contribution in [2.24, 2.45) is 5.73 Å². The Morgan fingerprint density at radius 2 is 1.75 bits per heavy atom. The van der Waals surface area contributed by atoms with Crippen molar-refractivity contribution in [3.8, 4) is 11.5 Å². The maximum atomic E-state index is 12.3. The van der Waals surface area contributed by atoms with Crippen LogP contribution in [0.15, 0.2) is 12.1 Å². The highest BCUT2D eigenvalue weighted by Gasteiger charge is 2.30. The summed E-state index contributed by atoms with van der Waals surface area (Å²) in [6, 6.07) is 3.93. The Hall–Kier alpha value is -1.75. The molecule has 2 rings (SSSR count). The first kappa shape index (κ1) is 14.7. The van der Waals surface area contributed by atoms with Crippen molar-refractivity contribution in [1.29, 1.82) is 0 Å². The van der Waals surface area contributed by atoms with Crippen LogP contribution in [0.3, 0.4) is 0 Å². The molecule has 1 aromatic rings. The van der Waals surface area contributed by atoms with E-state index in [1.54, 1.807) is 33.0 Å². The van der Waals surface area contributed by atoms with Gasteiger partial charge in [0, 0.05) is 13.1 Å². The molecule has 110 valence electrons. The molecular formula is C15H22N2O3. The molecular weight excluding hydrogens is 256 g/mol. The van der Waals surface area contributed by atoms with E-state index in [1.807, 2.05) is 12.1 Å². The molecule has 0 unspecified atom stereocenters. The highest BCUT2D eigenvalue weighted by Crippen LogP contribution is 2.33. The van der Waals surface area contributed by atoms with Crippen molar-refractivity contribution >= 4 is 5.91 Å². The van der Waals surface area contributed by atoms with E-state index >= 15 is 0 Å². The third-order valence-corrected chi connectivity index (χ3v) is 3.56. The van der Waals surface area contributed by atoms with Gasteiger partial charge in [0.05, 0.1) is 19.8 Å². The number of fused-ring (bicyclic) bond motifs is 1. The maximum absolute atomic E-state index is 12.3. The predicted octanol–water partition coefficient (Wildman–Crippen LogP) is 1.33. The summed E-state index contributed by atoms with van der Waals surface area (Å²) in [7, 11) is 3.23. The van der Waals surface area contributed by atoms with Crippen molar-refractivity contribution in [3.63, 3.8) is 0 Å². The normalized spacial score (nSPS) is 14.8. The van der Waals surface area contributed by atoms with Crippen molar-refractivity contribution in [3.05, 3.63) is 23.3 Å². The van der Waals surface area contributed by atoms with Crippen LogP contribution in [-0.2, 0) is 17.8 Å². The molecule has 5 nitrogen and oxygen atoms in total. The van der Waals surface area contributed by atoms with Crippen LogP contribution in [0.5, 0.6) is 11.5 Å². The number of hydrogen-bond acceptors (Lipinski definition) is 4. The lowest BCUT2D eigenvalue weighted by molar-refractivity contribution is -0.136. The van der Waals surface area contributed by atoms with E-state index in [0.717, 1.165) is 17.7 Å². The number of ether oxygens (including phenoxy) is 2. The molecule has 0 aliphatic carbocycles. The number of hydrogen-bond donors (Lipinski definition) is 1. The minimum atomic E-state index is -0.839. The van der Waals surface area contributed by atoms with Crippen LogP contribution >= 0.6 is 0 Å². The minimum Gasteiger partial charge on any atom is -0.493 e. The molecule has 0 fully saturated rings. The van der Waals surface area contributed by atoms with E-state index < -0.39 is 5.54 Å². The Labute approximate surface area is 119 Å². The van der Waals surface area contributed by atoms with Gasteiger partial charge in [-0.25, -0.2) is 0 Å². The molecule has 0 atom stereocenters. The summed E-state index contributed by atoms with van der Waals surface area (Å²) in [5.74, 6) is 1.38. The van der Waals surface area contributed by atoms with E-state index in [1.165, 1.54) is 5.56 Å². The summed E-state index contributed by atoms with van der Waals surface area (Å²) >= 11 is 0. The van der Waals surface area contributed by atoms with Crippen LogP contribution in [0.25, 0.3) is 0 Å². The smallest absolute Gasteiger partial charge is 0.242 e. The molecule has 2 N–H and O–H groups in total. The largest absolute Gasteiger partial charge is 0.493 e. The fourth-order valence-electron chi connectivity index (χ4n) is 2.46. The SMILES string of the molecule is COc1cc2c(cc1OC)CN(C(=O)C(C)(C)N)CC2. The monoisotopic (exact) mass is 278 g/mol. The number of carbonyl (C=O) groups excluding carboxylic acids is 1. The van der Waals surface area contributed by atoms with Gasteiger partial charge in [0.25, 0.3) is 0 Å². The highest BCUT2D eigenvalue weighted by molar-refractivity contribution is 5.85. The standard InChI is InChI=1S/C15H22N2O3/c1-15(2,16)14(18)17-6-5-10-7-12(19-3)13(20-4)8-11(10)9-17/h7-8H,5-6,9,16H2,1-4H3. The molecule has 1 heterocycles. The van der Waals surface area contributed by atoms with Gasteiger partial charge >= 0.3 is 0 Å². The average molecular weight is 278 g/mol. The van der Waals surface area contributed by atoms with Gasteiger partial charge in [-0.15, -0.1) is 0 Å². The van der Waals surface area contributed by atoms with Gasteiger partial charge in [0.15, 0.2) is 11.5 Å². The number of benzene rings is 1. The zero-order valence-electron chi connectivity index (χ0n) is 12.5. The number of methoxy groups -OCH3 is 2.